The minimum atomic E-state index is -4.41. The molecule has 0 spiro atoms. The van der Waals surface area contributed by atoms with Gasteiger partial charge in [0, 0.05) is 18.1 Å². The van der Waals surface area contributed by atoms with Gasteiger partial charge < -0.3 is 10.6 Å². The van der Waals surface area contributed by atoms with E-state index in [1.165, 1.54) is 12.1 Å². The smallest absolute Gasteiger partial charge is 0.369 e. The highest BCUT2D eigenvalue weighted by Gasteiger charge is 2.30. The Bertz CT molecular complexity index is 729. The fourth-order valence-electron chi connectivity index (χ4n) is 2.23. The number of guanidine groups is 1. The standard InChI is InChI=1S/C17H17BrF3N3/c1-24(15-8-3-2-5-12(15)9-10-18)16(22)23-14-7-4-6-13(11-14)17(19,20)21/h2-8,11H,9-10H2,1H3,(H2,22,23). The van der Waals surface area contributed by atoms with Crippen LogP contribution in [0.2, 0.25) is 0 Å². The summed E-state index contributed by atoms with van der Waals surface area (Å²) in [6.45, 7) is 0. The van der Waals surface area contributed by atoms with Crippen molar-refractivity contribution in [3.8, 4) is 0 Å². The summed E-state index contributed by atoms with van der Waals surface area (Å²) in [4.78, 5) is 5.78. The van der Waals surface area contributed by atoms with Crippen LogP contribution in [0.25, 0.3) is 0 Å². The molecule has 2 aromatic rings. The van der Waals surface area contributed by atoms with Gasteiger partial charge in [0.2, 0.25) is 5.96 Å². The molecule has 24 heavy (non-hydrogen) atoms. The number of aryl methyl sites for hydroxylation is 1. The summed E-state index contributed by atoms with van der Waals surface area (Å²) in [5.74, 6) is 0.122. The second-order valence-corrected chi connectivity index (χ2v) is 5.94. The molecule has 2 rings (SSSR count). The third-order valence-corrected chi connectivity index (χ3v) is 3.87. The lowest BCUT2D eigenvalue weighted by Crippen LogP contribution is -2.34. The van der Waals surface area contributed by atoms with Gasteiger partial charge in [-0.2, -0.15) is 13.2 Å². The first-order valence-electron chi connectivity index (χ1n) is 7.22. The average molecular weight is 400 g/mol. The van der Waals surface area contributed by atoms with Crippen molar-refractivity contribution >= 4 is 33.3 Å². The van der Waals surface area contributed by atoms with Gasteiger partial charge in [-0.1, -0.05) is 40.2 Å². The first-order chi connectivity index (χ1) is 11.3. The molecule has 0 saturated heterocycles. The van der Waals surface area contributed by atoms with Crippen LogP contribution >= 0.6 is 15.9 Å². The van der Waals surface area contributed by atoms with E-state index in [2.05, 4.69) is 20.9 Å². The van der Waals surface area contributed by atoms with Gasteiger partial charge in [0.15, 0.2) is 0 Å². The summed E-state index contributed by atoms with van der Waals surface area (Å²) in [5, 5.41) is 0.794. The molecular formula is C17H17BrF3N3. The fraction of sp³-hybridized carbons (Fsp3) is 0.235. The molecule has 0 aliphatic heterocycles. The maximum Gasteiger partial charge on any atom is 0.416 e. The van der Waals surface area contributed by atoms with E-state index in [-0.39, 0.29) is 11.6 Å². The molecule has 0 amide bonds. The molecular weight excluding hydrogens is 383 g/mol. The third-order valence-electron chi connectivity index (χ3n) is 3.48. The highest BCUT2D eigenvalue weighted by atomic mass is 79.9. The largest absolute Gasteiger partial charge is 0.416 e. The summed E-state index contributed by atoms with van der Waals surface area (Å²) >= 11 is 3.40. The van der Waals surface area contributed by atoms with Crippen LogP contribution in [0, 0.1) is 0 Å². The molecule has 2 N–H and O–H groups in total. The number of halogens is 4. The normalized spacial score (nSPS) is 12.3. The second-order valence-electron chi connectivity index (χ2n) is 5.14. The van der Waals surface area contributed by atoms with Gasteiger partial charge in [0.05, 0.1) is 11.3 Å². The Morgan fingerprint density at radius 1 is 1.17 bits per heavy atom. The zero-order valence-corrected chi connectivity index (χ0v) is 14.6. The number of hydrogen-bond acceptors (Lipinski definition) is 1. The summed E-state index contributed by atoms with van der Waals surface area (Å²) in [6.07, 6.45) is -3.61. The number of nitrogens with two attached hydrogens (primary N) is 1. The Morgan fingerprint density at radius 2 is 1.88 bits per heavy atom. The Hall–Kier alpha value is -2.02. The first kappa shape index (κ1) is 18.3. The minimum absolute atomic E-state index is 0.122. The Kier molecular flexibility index (Phi) is 5.88. The first-order valence-corrected chi connectivity index (χ1v) is 8.34. The van der Waals surface area contributed by atoms with E-state index in [1.807, 2.05) is 24.3 Å². The fourth-order valence-corrected chi connectivity index (χ4v) is 2.66. The molecule has 0 unspecified atom stereocenters. The Morgan fingerprint density at radius 3 is 2.54 bits per heavy atom. The SMILES string of the molecule is CN(C(N)=Nc1cccc(C(F)(F)F)c1)c1ccccc1CCBr. The van der Waals surface area contributed by atoms with Crippen molar-refractivity contribution in [2.24, 2.45) is 10.7 Å². The molecule has 128 valence electrons. The van der Waals surface area contributed by atoms with Gasteiger partial charge in [-0.25, -0.2) is 4.99 Å². The molecule has 0 aliphatic rings. The quantitative estimate of drug-likeness (QED) is 0.458. The molecule has 0 atom stereocenters. The number of para-hydroxylation sites is 1. The van der Waals surface area contributed by atoms with E-state index in [4.69, 9.17) is 5.73 Å². The summed E-state index contributed by atoms with van der Waals surface area (Å²) < 4.78 is 38.3. The topological polar surface area (TPSA) is 41.6 Å². The molecule has 2 aromatic carbocycles. The van der Waals surface area contributed by atoms with Crippen molar-refractivity contribution in [2.45, 2.75) is 12.6 Å². The molecule has 0 heterocycles. The number of alkyl halides is 4. The molecule has 0 aromatic heterocycles. The predicted molar refractivity (Wildman–Crippen MR) is 95.1 cm³/mol. The lowest BCUT2D eigenvalue weighted by molar-refractivity contribution is -0.137. The molecule has 7 heteroatoms. The highest BCUT2D eigenvalue weighted by Crippen LogP contribution is 2.31. The number of hydrogen-bond donors (Lipinski definition) is 1. The zero-order valence-electron chi connectivity index (χ0n) is 13.0. The molecule has 0 bridgehead atoms. The van der Waals surface area contributed by atoms with E-state index in [1.54, 1.807) is 11.9 Å². The Labute approximate surface area is 147 Å². The zero-order chi connectivity index (χ0) is 17.7. The van der Waals surface area contributed by atoms with Gasteiger partial charge in [0.1, 0.15) is 0 Å². The van der Waals surface area contributed by atoms with Crippen LogP contribution in [0.5, 0.6) is 0 Å². The summed E-state index contributed by atoms with van der Waals surface area (Å²) in [6, 6.07) is 12.5. The van der Waals surface area contributed by atoms with Crippen molar-refractivity contribution in [1.29, 1.82) is 0 Å². The summed E-state index contributed by atoms with van der Waals surface area (Å²) in [7, 11) is 1.74. The Balaban J connectivity index is 2.31. The van der Waals surface area contributed by atoms with Crippen molar-refractivity contribution < 1.29 is 13.2 Å². The molecule has 0 saturated carbocycles. The van der Waals surface area contributed by atoms with E-state index in [0.717, 1.165) is 35.1 Å². The van der Waals surface area contributed by atoms with Gasteiger partial charge in [-0.15, -0.1) is 0 Å². The number of rotatable bonds is 4. The molecule has 0 radical (unpaired) electrons. The molecule has 0 aliphatic carbocycles. The third kappa shape index (κ3) is 4.50. The van der Waals surface area contributed by atoms with Gasteiger partial charge in [-0.05, 0) is 36.2 Å². The number of aliphatic imine (C=N–C) groups is 1. The lowest BCUT2D eigenvalue weighted by Gasteiger charge is -2.21. The van der Waals surface area contributed by atoms with Crippen LogP contribution in [-0.4, -0.2) is 18.3 Å². The molecule has 0 fully saturated rings. The van der Waals surface area contributed by atoms with Crippen LogP contribution in [-0.2, 0) is 12.6 Å². The average Bonchev–Trinajstić information content (AvgIpc) is 2.54. The van der Waals surface area contributed by atoms with Crippen LogP contribution in [0.4, 0.5) is 24.5 Å². The van der Waals surface area contributed by atoms with Crippen molar-refractivity contribution in [1.82, 2.24) is 0 Å². The van der Waals surface area contributed by atoms with Crippen LogP contribution < -0.4 is 10.6 Å². The molecule has 3 nitrogen and oxygen atoms in total. The summed E-state index contributed by atoms with van der Waals surface area (Å²) in [5.41, 5.74) is 7.33. The maximum atomic E-state index is 12.8. The van der Waals surface area contributed by atoms with E-state index in [9.17, 15) is 13.2 Å². The number of anilines is 1. The van der Waals surface area contributed by atoms with Gasteiger partial charge in [-0.3, -0.25) is 0 Å². The van der Waals surface area contributed by atoms with Gasteiger partial charge >= 0.3 is 6.18 Å². The highest BCUT2D eigenvalue weighted by molar-refractivity contribution is 9.09. The predicted octanol–water partition coefficient (Wildman–Crippen LogP) is 4.73. The van der Waals surface area contributed by atoms with Crippen LogP contribution in [0.1, 0.15) is 11.1 Å². The monoisotopic (exact) mass is 399 g/mol. The van der Waals surface area contributed by atoms with Crippen molar-refractivity contribution in [3.05, 3.63) is 59.7 Å². The van der Waals surface area contributed by atoms with E-state index < -0.39 is 11.7 Å². The van der Waals surface area contributed by atoms with E-state index >= 15 is 0 Å². The van der Waals surface area contributed by atoms with Crippen LogP contribution in [0.3, 0.4) is 0 Å². The minimum Gasteiger partial charge on any atom is -0.369 e. The van der Waals surface area contributed by atoms with Crippen LogP contribution in [0.15, 0.2) is 53.5 Å². The van der Waals surface area contributed by atoms with Gasteiger partial charge in [0.25, 0.3) is 0 Å². The number of benzene rings is 2. The van der Waals surface area contributed by atoms with Crippen molar-refractivity contribution in [2.75, 3.05) is 17.3 Å². The maximum absolute atomic E-state index is 12.8. The van der Waals surface area contributed by atoms with Crippen molar-refractivity contribution in [3.63, 3.8) is 0 Å². The lowest BCUT2D eigenvalue weighted by atomic mass is 10.1. The van der Waals surface area contributed by atoms with E-state index in [0.29, 0.717) is 0 Å². The number of nitrogens with zero attached hydrogens (tertiary/aromatic N) is 2. The second kappa shape index (κ2) is 7.70.